The van der Waals surface area contributed by atoms with Gasteiger partial charge in [-0.1, -0.05) is 24.9 Å². The highest BCUT2D eigenvalue weighted by Gasteiger charge is 2.30. The summed E-state index contributed by atoms with van der Waals surface area (Å²) in [5.74, 6) is 0.861. The van der Waals surface area contributed by atoms with Crippen molar-refractivity contribution in [3.05, 3.63) is 34.0 Å². The SMILES string of the molecule is CCCC(C(=O)OC)c1c(C)nc(N2CCCCC2)nc1-c1ccc2c(c1Cl)CCCO2. The molecule has 0 radical (unpaired) electrons. The molecule has 0 N–H and O–H groups in total. The zero-order valence-corrected chi connectivity index (χ0v) is 20.0. The first-order valence-electron chi connectivity index (χ1n) is 11.7. The Balaban J connectivity index is 1.91. The van der Waals surface area contributed by atoms with E-state index in [1.54, 1.807) is 0 Å². The third kappa shape index (κ3) is 4.42. The number of hydrogen-bond acceptors (Lipinski definition) is 6. The number of carbonyl (C=O) groups excluding carboxylic acids is 1. The second-order valence-corrected chi connectivity index (χ2v) is 9.02. The van der Waals surface area contributed by atoms with Gasteiger partial charge < -0.3 is 14.4 Å². The summed E-state index contributed by atoms with van der Waals surface area (Å²) in [6.45, 7) is 6.63. The average molecular weight is 458 g/mol. The van der Waals surface area contributed by atoms with Crippen LogP contribution in [0.4, 0.5) is 5.95 Å². The van der Waals surface area contributed by atoms with Crippen molar-refractivity contribution in [1.29, 1.82) is 0 Å². The Kier molecular flexibility index (Phi) is 7.19. The number of halogens is 1. The number of fused-ring (bicyclic) bond motifs is 1. The number of benzene rings is 1. The number of hydrogen-bond donors (Lipinski definition) is 0. The van der Waals surface area contributed by atoms with E-state index in [9.17, 15) is 4.79 Å². The minimum absolute atomic E-state index is 0.261. The van der Waals surface area contributed by atoms with E-state index >= 15 is 0 Å². The minimum atomic E-state index is -0.432. The zero-order valence-electron chi connectivity index (χ0n) is 19.2. The lowest BCUT2D eigenvalue weighted by molar-refractivity contribution is -0.142. The van der Waals surface area contributed by atoms with Crippen molar-refractivity contribution in [2.45, 2.75) is 64.7 Å². The average Bonchev–Trinajstić information content (AvgIpc) is 2.83. The Morgan fingerprint density at radius 1 is 1.22 bits per heavy atom. The Labute approximate surface area is 195 Å². The van der Waals surface area contributed by atoms with E-state index in [2.05, 4.69) is 11.8 Å². The van der Waals surface area contributed by atoms with Crippen LogP contribution in [0.5, 0.6) is 5.75 Å². The summed E-state index contributed by atoms with van der Waals surface area (Å²) in [6.07, 6.45) is 6.82. The van der Waals surface area contributed by atoms with E-state index in [4.69, 9.17) is 31.0 Å². The van der Waals surface area contributed by atoms with Gasteiger partial charge in [0.2, 0.25) is 5.95 Å². The fourth-order valence-corrected chi connectivity index (χ4v) is 5.16. The van der Waals surface area contributed by atoms with E-state index < -0.39 is 5.92 Å². The maximum atomic E-state index is 12.8. The van der Waals surface area contributed by atoms with Gasteiger partial charge in [-0.05, 0) is 57.6 Å². The monoisotopic (exact) mass is 457 g/mol. The van der Waals surface area contributed by atoms with Gasteiger partial charge in [-0.15, -0.1) is 0 Å². The normalized spacial score (nSPS) is 16.8. The van der Waals surface area contributed by atoms with E-state index in [1.165, 1.54) is 13.5 Å². The molecule has 3 heterocycles. The number of anilines is 1. The number of esters is 1. The van der Waals surface area contributed by atoms with Crippen molar-refractivity contribution < 1.29 is 14.3 Å². The molecule has 2 aliphatic heterocycles. The second-order valence-electron chi connectivity index (χ2n) is 8.64. The maximum Gasteiger partial charge on any atom is 0.313 e. The van der Waals surface area contributed by atoms with Gasteiger partial charge in [0.05, 0.1) is 30.4 Å². The lowest BCUT2D eigenvalue weighted by atomic mass is 9.88. The largest absolute Gasteiger partial charge is 0.493 e. The van der Waals surface area contributed by atoms with Crippen molar-refractivity contribution in [1.82, 2.24) is 9.97 Å². The topological polar surface area (TPSA) is 64.5 Å². The first kappa shape index (κ1) is 22.8. The van der Waals surface area contributed by atoms with Crippen LogP contribution in [-0.2, 0) is 16.0 Å². The molecule has 0 aliphatic carbocycles. The molecule has 172 valence electrons. The van der Waals surface area contributed by atoms with Crippen molar-refractivity contribution >= 4 is 23.5 Å². The molecule has 0 saturated carbocycles. The Morgan fingerprint density at radius 3 is 2.72 bits per heavy atom. The van der Waals surface area contributed by atoms with Crippen LogP contribution >= 0.6 is 11.6 Å². The van der Waals surface area contributed by atoms with Crippen LogP contribution in [-0.4, -0.2) is 42.7 Å². The molecule has 0 bridgehead atoms. The summed E-state index contributed by atoms with van der Waals surface area (Å²) >= 11 is 6.95. The number of methoxy groups -OCH3 is 1. The quantitative estimate of drug-likeness (QED) is 0.535. The summed E-state index contributed by atoms with van der Waals surface area (Å²) in [4.78, 5) is 24.9. The van der Waals surface area contributed by atoms with E-state index in [1.807, 2.05) is 19.1 Å². The van der Waals surface area contributed by atoms with Gasteiger partial charge in [-0.3, -0.25) is 4.79 Å². The molecular formula is C25H32ClN3O3. The number of aromatic nitrogens is 2. The van der Waals surface area contributed by atoms with Crippen LogP contribution in [0.15, 0.2) is 12.1 Å². The first-order chi connectivity index (χ1) is 15.5. The third-order valence-corrected chi connectivity index (χ3v) is 6.89. The van der Waals surface area contributed by atoms with Gasteiger partial charge in [0.25, 0.3) is 0 Å². The van der Waals surface area contributed by atoms with Gasteiger partial charge in [-0.2, -0.15) is 0 Å². The summed E-state index contributed by atoms with van der Waals surface area (Å²) in [7, 11) is 1.44. The molecule has 1 aromatic heterocycles. The van der Waals surface area contributed by atoms with Crippen molar-refractivity contribution in [3.63, 3.8) is 0 Å². The van der Waals surface area contributed by atoms with Gasteiger partial charge in [0.15, 0.2) is 0 Å². The van der Waals surface area contributed by atoms with Gasteiger partial charge >= 0.3 is 5.97 Å². The van der Waals surface area contributed by atoms with Crippen LogP contribution in [0.25, 0.3) is 11.3 Å². The first-order valence-corrected chi connectivity index (χ1v) is 12.1. The van der Waals surface area contributed by atoms with Crippen LogP contribution < -0.4 is 9.64 Å². The van der Waals surface area contributed by atoms with Crippen molar-refractivity contribution in [2.75, 3.05) is 31.7 Å². The van der Waals surface area contributed by atoms with Crippen LogP contribution in [0.2, 0.25) is 5.02 Å². The summed E-state index contributed by atoms with van der Waals surface area (Å²) in [5.41, 5.74) is 4.21. The predicted molar refractivity (Wildman–Crippen MR) is 127 cm³/mol. The Bertz CT molecular complexity index is 989. The lowest BCUT2D eigenvalue weighted by Crippen LogP contribution is -2.31. The highest BCUT2D eigenvalue weighted by atomic mass is 35.5. The molecule has 32 heavy (non-hydrogen) atoms. The second kappa shape index (κ2) is 10.1. The Morgan fingerprint density at radius 2 is 2.00 bits per heavy atom. The molecule has 1 aromatic carbocycles. The molecular weight excluding hydrogens is 426 g/mol. The maximum absolute atomic E-state index is 12.8. The molecule has 0 amide bonds. The fraction of sp³-hybridized carbons (Fsp3) is 0.560. The molecule has 7 heteroatoms. The fourth-order valence-electron chi connectivity index (χ4n) is 4.82. The van der Waals surface area contributed by atoms with Crippen molar-refractivity contribution in [2.24, 2.45) is 0 Å². The summed E-state index contributed by atoms with van der Waals surface area (Å²) in [5, 5.41) is 0.659. The van der Waals surface area contributed by atoms with E-state index in [-0.39, 0.29) is 5.97 Å². The van der Waals surface area contributed by atoms with Crippen LogP contribution in [0, 0.1) is 6.92 Å². The molecule has 4 rings (SSSR count). The number of carbonyl (C=O) groups is 1. The molecule has 2 aliphatic rings. The van der Waals surface area contributed by atoms with Gasteiger partial charge in [0.1, 0.15) is 5.75 Å². The van der Waals surface area contributed by atoms with E-state index in [0.717, 1.165) is 79.0 Å². The highest BCUT2D eigenvalue weighted by molar-refractivity contribution is 6.34. The summed E-state index contributed by atoms with van der Waals surface area (Å²) < 4.78 is 11.0. The molecule has 2 aromatic rings. The number of piperidine rings is 1. The molecule has 0 spiro atoms. The highest BCUT2D eigenvalue weighted by Crippen LogP contribution is 2.42. The third-order valence-electron chi connectivity index (χ3n) is 6.46. The number of ether oxygens (including phenoxy) is 2. The van der Waals surface area contributed by atoms with Gasteiger partial charge in [-0.25, -0.2) is 9.97 Å². The van der Waals surface area contributed by atoms with Crippen molar-refractivity contribution in [3.8, 4) is 17.0 Å². The number of nitrogens with zero attached hydrogens (tertiary/aromatic N) is 3. The lowest BCUT2D eigenvalue weighted by Gasteiger charge is -2.29. The molecule has 1 unspecified atom stereocenters. The molecule has 1 saturated heterocycles. The predicted octanol–water partition coefficient (Wildman–Crippen LogP) is 5.48. The molecule has 6 nitrogen and oxygen atoms in total. The minimum Gasteiger partial charge on any atom is -0.493 e. The van der Waals surface area contributed by atoms with Gasteiger partial charge in [0, 0.05) is 35.5 Å². The number of aryl methyl sites for hydroxylation is 1. The Hall–Kier alpha value is -2.34. The molecule has 1 fully saturated rings. The van der Waals surface area contributed by atoms with Crippen LogP contribution in [0.1, 0.15) is 68.2 Å². The zero-order chi connectivity index (χ0) is 22.7. The number of rotatable bonds is 6. The van der Waals surface area contributed by atoms with Crippen LogP contribution in [0.3, 0.4) is 0 Å². The van der Waals surface area contributed by atoms with E-state index in [0.29, 0.717) is 24.0 Å². The summed E-state index contributed by atoms with van der Waals surface area (Å²) in [6, 6.07) is 3.95. The molecule has 1 atom stereocenters. The standard InChI is InChI=1S/C25H32ClN3O3/c1-4-9-18(24(30)31-3)21-16(2)27-25(29-13-6-5-7-14-29)28-23(21)19-11-12-20-17(22(19)26)10-8-15-32-20/h11-12,18H,4-10,13-15H2,1-3H3. The smallest absolute Gasteiger partial charge is 0.313 e.